The van der Waals surface area contributed by atoms with Gasteiger partial charge < -0.3 is 5.32 Å². The normalized spacial score (nSPS) is 23.4. The first-order chi connectivity index (χ1) is 9.35. The fourth-order valence-corrected chi connectivity index (χ4v) is 3.70. The van der Waals surface area contributed by atoms with Gasteiger partial charge in [0, 0.05) is 17.0 Å². The van der Waals surface area contributed by atoms with Crippen LogP contribution in [-0.2, 0) is 0 Å². The Morgan fingerprint density at radius 2 is 1.68 bits per heavy atom. The van der Waals surface area contributed by atoms with Gasteiger partial charge in [0.15, 0.2) is 0 Å². The van der Waals surface area contributed by atoms with Crippen molar-refractivity contribution in [2.24, 2.45) is 0 Å². The highest BCUT2D eigenvalue weighted by atomic mass is 32.2. The van der Waals surface area contributed by atoms with Gasteiger partial charge in [-0.05, 0) is 54.8 Å². The minimum atomic E-state index is 0.657. The number of rotatable bonds is 3. The molecule has 0 saturated heterocycles. The molecule has 2 aromatic rings. The maximum absolute atomic E-state index is 3.71. The Balaban J connectivity index is 1.68. The van der Waals surface area contributed by atoms with Crippen molar-refractivity contribution in [2.75, 3.05) is 11.6 Å². The second-order valence-electron chi connectivity index (χ2n) is 5.42. The number of thioether (sulfide) groups is 1. The first-order valence-electron chi connectivity index (χ1n) is 7.13. The Kier molecular flexibility index (Phi) is 3.97. The van der Waals surface area contributed by atoms with Crippen LogP contribution in [0.15, 0.2) is 42.5 Å². The maximum atomic E-state index is 3.71. The monoisotopic (exact) mass is 271 g/mol. The zero-order valence-corrected chi connectivity index (χ0v) is 12.2. The van der Waals surface area contributed by atoms with Crippen molar-refractivity contribution in [1.82, 2.24) is 0 Å². The van der Waals surface area contributed by atoms with Crippen molar-refractivity contribution >= 4 is 28.2 Å². The number of hydrogen-bond donors (Lipinski definition) is 1. The molecule has 0 unspecified atom stereocenters. The topological polar surface area (TPSA) is 12.0 Å². The number of fused-ring (bicyclic) bond motifs is 1. The van der Waals surface area contributed by atoms with Crippen molar-refractivity contribution < 1.29 is 0 Å². The first-order valence-corrected chi connectivity index (χ1v) is 8.42. The molecule has 0 amide bonds. The van der Waals surface area contributed by atoms with Crippen molar-refractivity contribution in [3.8, 4) is 0 Å². The van der Waals surface area contributed by atoms with E-state index in [0.717, 1.165) is 5.25 Å². The maximum Gasteiger partial charge on any atom is 0.0348 e. The van der Waals surface area contributed by atoms with Crippen LogP contribution < -0.4 is 5.32 Å². The fraction of sp³-hybridized carbons (Fsp3) is 0.412. The van der Waals surface area contributed by atoms with Crippen LogP contribution in [0.5, 0.6) is 0 Å². The van der Waals surface area contributed by atoms with E-state index in [1.165, 1.54) is 42.1 Å². The summed E-state index contributed by atoms with van der Waals surface area (Å²) in [4.78, 5) is 0. The van der Waals surface area contributed by atoms with Gasteiger partial charge in [0.05, 0.1) is 0 Å². The average Bonchev–Trinajstić information content (AvgIpc) is 2.48. The molecule has 0 atom stereocenters. The Hall–Kier alpha value is -1.15. The fourth-order valence-electron chi connectivity index (χ4n) is 2.96. The van der Waals surface area contributed by atoms with E-state index < -0.39 is 0 Å². The molecular formula is C17H21NS. The summed E-state index contributed by atoms with van der Waals surface area (Å²) in [5.74, 6) is 0. The molecule has 19 heavy (non-hydrogen) atoms. The van der Waals surface area contributed by atoms with Gasteiger partial charge >= 0.3 is 0 Å². The number of hydrogen-bond acceptors (Lipinski definition) is 2. The van der Waals surface area contributed by atoms with E-state index >= 15 is 0 Å². The summed E-state index contributed by atoms with van der Waals surface area (Å²) in [6, 6.07) is 15.9. The van der Waals surface area contributed by atoms with Gasteiger partial charge in [-0.1, -0.05) is 30.3 Å². The van der Waals surface area contributed by atoms with Crippen molar-refractivity contribution in [1.29, 1.82) is 0 Å². The summed E-state index contributed by atoms with van der Waals surface area (Å²) < 4.78 is 0. The third-order valence-electron chi connectivity index (χ3n) is 4.13. The largest absolute Gasteiger partial charge is 0.382 e. The third-order valence-corrected chi connectivity index (χ3v) is 5.27. The van der Waals surface area contributed by atoms with Gasteiger partial charge in [0.1, 0.15) is 0 Å². The lowest BCUT2D eigenvalue weighted by Crippen LogP contribution is -2.26. The van der Waals surface area contributed by atoms with Gasteiger partial charge in [-0.25, -0.2) is 0 Å². The van der Waals surface area contributed by atoms with E-state index in [2.05, 4.69) is 54.0 Å². The molecule has 1 fully saturated rings. The molecule has 1 aliphatic rings. The number of anilines is 1. The molecule has 0 radical (unpaired) electrons. The minimum Gasteiger partial charge on any atom is -0.382 e. The van der Waals surface area contributed by atoms with Crippen LogP contribution in [-0.4, -0.2) is 17.5 Å². The lowest BCUT2D eigenvalue weighted by atomic mass is 9.94. The second-order valence-corrected chi connectivity index (χ2v) is 6.55. The molecule has 100 valence electrons. The molecule has 1 N–H and O–H groups in total. The van der Waals surface area contributed by atoms with Crippen molar-refractivity contribution in [3.05, 3.63) is 42.5 Å². The van der Waals surface area contributed by atoms with E-state index in [1.54, 1.807) is 0 Å². The van der Waals surface area contributed by atoms with Crippen LogP contribution >= 0.6 is 11.8 Å². The predicted octanol–water partition coefficient (Wildman–Crippen LogP) is 4.93. The van der Waals surface area contributed by atoms with Gasteiger partial charge in [-0.3, -0.25) is 0 Å². The summed E-state index contributed by atoms with van der Waals surface area (Å²) in [7, 11) is 0. The molecule has 3 rings (SSSR count). The molecule has 2 heteroatoms. The SMILES string of the molecule is CSC1CCC(Nc2ccc3ccccc3c2)CC1. The molecular weight excluding hydrogens is 250 g/mol. The molecule has 1 saturated carbocycles. The molecule has 0 aromatic heterocycles. The predicted molar refractivity (Wildman–Crippen MR) is 87.1 cm³/mol. The van der Waals surface area contributed by atoms with Gasteiger partial charge in [0.25, 0.3) is 0 Å². The van der Waals surface area contributed by atoms with Crippen molar-refractivity contribution in [2.45, 2.75) is 37.0 Å². The zero-order valence-electron chi connectivity index (χ0n) is 11.4. The molecule has 0 spiro atoms. The van der Waals surface area contributed by atoms with E-state index in [4.69, 9.17) is 0 Å². The molecule has 1 nitrogen and oxygen atoms in total. The van der Waals surface area contributed by atoms with Crippen LogP contribution in [0, 0.1) is 0 Å². The minimum absolute atomic E-state index is 0.657. The average molecular weight is 271 g/mol. The smallest absolute Gasteiger partial charge is 0.0348 e. The Labute approximate surface area is 119 Å². The van der Waals surface area contributed by atoms with E-state index in [1.807, 2.05) is 11.8 Å². The van der Waals surface area contributed by atoms with Gasteiger partial charge in [-0.2, -0.15) is 11.8 Å². The highest BCUT2D eigenvalue weighted by Gasteiger charge is 2.20. The summed E-state index contributed by atoms with van der Waals surface area (Å²) in [5.41, 5.74) is 1.27. The van der Waals surface area contributed by atoms with Crippen molar-refractivity contribution in [3.63, 3.8) is 0 Å². The van der Waals surface area contributed by atoms with E-state index in [-0.39, 0.29) is 0 Å². The van der Waals surface area contributed by atoms with E-state index in [0.29, 0.717) is 6.04 Å². The Bertz CT molecular complexity index is 544. The van der Waals surface area contributed by atoms with Crippen LogP contribution in [0.4, 0.5) is 5.69 Å². The first kappa shape index (κ1) is 12.9. The van der Waals surface area contributed by atoms with E-state index in [9.17, 15) is 0 Å². The molecule has 1 aliphatic carbocycles. The summed E-state index contributed by atoms with van der Waals surface area (Å²) >= 11 is 2.03. The zero-order chi connectivity index (χ0) is 13.1. The van der Waals surface area contributed by atoms with Gasteiger partial charge in [0.2, 0.25) is 0 Å². The standard InChI is InChI=1S/C17H21NS/c1-19-17-10-8-15(9-11-17)18-16-7-6-13-4-2-3-5-14(13)12-16/h2-7,12,15,17-18H,8-11H2,1H3. The molecule has 0 bridgehead atoms. The van der Waals surface area contributed by atoms with Crippen LogP contribution in [0.2, 0.25) is 0 Å². The summed E-state index contributed by atoms with van der Waals surface area (Å²) in [5, 5.41) is 7.24. The lowest BCUT2D eigenvalue weighted by molar-refractivity contribution is 0.473. The summed E-state index contributed by atoms with van der Waals surface area (Å²) in [6.45, 7) is 0. The Morgan fingerprint density at radius 1 is 0.947 bits per heavy atom. The Morgan fingerprint density at radius 3 is 2.42 bits per heavy atom. The quantitative estimate of drug-likeness (QED) is 0.850. The summed E-state index contributed by atoms with van der Waals surface area (Å²) in [6.07, 6.45) is 7.55. The van der Waals surface area contributed by atoms with Crippen LogP contribution in [0.1, 0.15) is 25.7 Å². The molecule has 2 aromatic carbocycles. The highest BCUT2D eigenvalue weighted by Crippen LogP contribution is 2.29. The van der Waals surface area contributed by atoms with Gasteiger partial charge in [-0.15, -0.1) is 0 Å². The molecule has 0 heterocycles. The molecule has 0 aliphatic heterocycles. The van der Waals surface area contributed by atoms with Crippen LogP contribution in [0.25, 0.3) is 10.8 Å². The number of benzene rings is 2. The number of nitrogens with one attached hydrogen (secondary N) is 1. The highest BCUT2D eigenvalue weighted by molar-refractivity contribution is 7.99. The lowest BCUT2D eigenvalue weighted by Gasteiger charge is -2.28. The third kappa shape index (κ3) is 3.06. The second kappa shape index (κ2) is 5.87. The van der Waals surface area contributed by atoms with Crippen LogP contribution in [0.3, 0.4) is 0 Å².